The Balaban J connectivity index is 0.000000208. The molecule has 2 aromatic carbocycles. The van der Waals surface area contributed by atoms with E-state index < -0.39 is 5.91 Å². The number of nitrogens with zero attached hydrogens (tertiary/aromatic N) is 4. The smallest absolute Gasteiger partial charge is 0.288 e. The summed E-state index contributed by atoms with van der Waals surface area (Å²) in [6.07, 6.45) is 4.81. The lowest BCUT2D eigenvalue weighted by Crippen LogP contribution is -2.25. The predicted molar refractivity (Wildman–Crippen MR) is 149 cm³/mol. The first-order valence-electron chi connectivity index (χ1n) is 12.6. The molecule has 4 aromatic rings. The molecule has 0 radical (unpaired) electrons. The van der Waals surface area contributed by atoms with Crippen molar-refractivity contribution in [2.45, 2.75) is 39.5 Å². The molecule has 0 fully saturated rings. The van der Waals surface area contributed by atoms with Gasteiger partial charge in [0.2, 0.25) is 11.7 Å². The number of rotatable bonds is 3. The largest absolute Gasteiger partial charge is 0.363 e. The number of hydrogen-bond donors (Lipinski definition) is 2. The highest BCUT2D eigenvalue weighted by Gasteiger charge is 2.18. The zero-order valence-electron chi connectivity index (χ0n) is 21.9. The highest BCUT2D eigenvalue weighted by molar-refractivity contribution is 5.94. The van der Waals surface area contributed by atoms with Gasteiger partial charge in [0.25, 0.3) is 5.91 Å². The molecule has 1 aliphatic heterocycles. The molecule has 0 bridgehead atoms. The lowest BCUT2D eigenvalue weighted by molar-refractivity contribution is -0.118. The second kappa shape index (κ2) is 14.1. The zero-order valence-corrected chi connectivity index (χ0v) is 21.9. The van der Waals surface area contributed by atoms with Crippen LogP contribution in [0, 0.1) is 11.8 Å². The van der Waals surface area contributed by atoms with Crippen LogP contribution in [0.2, 0.25) is 0 Å². The molecule has 0 aliphatic carbocycles. The number of aromatic amines is 1. The maximum absolute atomic E-state index is 11.9. The Morgan fingerprint density at radius 2 is 1.79 bits per heavy atom. The third kappa shape index (κ3) is 7.87. The van der Waals surface area contributed by atoms with Crippen LogP contribution >= 0.6 is 0 Å². The number of nitrogens with two attached hydrogens (primary N) is 1. The summed E-state index contributed by atoms with van der Waals surface area (Å²) in [5.74, 6) is 6.37. The fraction of sp³-hybridized carbons (Fsp3) is 0.233. The molecule has 8 heteroatoms. The van der Waals surface area contributed by atoms with Crippen molar-refractivity contribution in [3.8, 4) is 11.8 Å². The molecule has 0 spiro atoms. The fourth-order valence-corrected chi connectivity index (χ4v) is 3.74. The quantitative estimate of drug-likeness (QED) is 0.400. The SMILES string of the molecule is CC.CN1C(=O)CCCc2ccc(C#Cc3ccccn3)cc21.NC(=O)c1n[nH]c(Cc2ccccc2)n1. The summed E-state index contributed by atoms with van der Waals surface area (Å²) in [4.78, 5) is 32.6. The van der Waals surface area contributed by atoms with Gasteiger partial charge >= 0.3 is 0 Å². The Kier molecular flexibility index (Phi) is 10.3. The van der Waals surface area contributed by atoms with Crippen LogP contribution < -0.4 is 10.6 Å². The zero-order chi connectivity index (χ0) is 27.3. The second-order valence-electron chi connectivity index (χ2n) is 8.25. The normalized spacial score (nSPS) is 11.9. The average Bonchev–Trinajstić information content (AvgIpc) is 3.38. The highest BCUT2D eigenvalue weighted by Crippen LogP contribution is 2.26. The fourth-order valence-electron chi connectivity index (χ4n) is 3.74. The van der Waals surface area contributed by atoms with Crippen LogP contribution in [0.25, 0.3) is 0 Å². The van der Waals surface area contributed by atoms with E-state index in [1.807, 2.05) is 81.6 Å². The number of pyridine rings is 1. The van der Waals surface area contributed by atoms with Crippen molar-refractivity contribution in [1.82, 2.24) is 20.2 Å². The van der Waals surface area contributed by atoms with Crippen LogP contribution in [0.5, 0.6) is 0 Å². The van der Waals surface area contributed by atoms with E-state index in [4.69, 9.17) is 5.73 Å². The van der Waals surface area contributed by atoms with E-state index in [0.717, 1.165) is 35.3 Å². The van der Waals surface area contributed by atoms with Crippen LogP contribution in [0.3, 0.4) is 0 Å². The first-order chi connectivity index (χ1) is 18.5. The number of carbonyl (C=O) groups excluding carboxylic acids is 2. The number of aryl methyl sites for hydroxylation is 1. The monoisotopic (exact) mass is 508 g/mol. The Hall–Kier alpha value is -4.77. The van der Waals surface area contributed by atoms with Crippen molar-refractivity contribution >= 4 is 17.5 Å². The number of aromatic nitrogens is 4. The number of amides is 2. The molecule has 3 heterocycles. The van der Waals surface area contributed by atoms with Gasteiger partial charge in [-0.15, -0.1) is 5.10 Å². The number of anilines is 1. The molecule has 2 amide bonds. The first kappa shape index (κ1) is 27.8. The summed E-state index contributed by atoms with van der Waals surface area (Å²) < 4.78 is 0. The molecule has 5 rings (SSSR count). The number of nitrogens with one attached hydrogen (secondary N) is 1. The molecule has 0 saturated heterocycles. The Labute approximate surface area is 223 Å². The molecule has 1 aliphatic rings. The number of carbonyl (C=O) groups is 2. The first-order valence-corrected chi connectivity index (χ1v) is 12.6. The Morgan fingerprint density at radius 3 is 2.47 bits per heavy atom. The third-order valence-electron chi connectivity index (χ3n) is 5.62. The van der Waals surface area contributed by atoms with Gasteiger partial charge in [0.05, 0.1) is 0 Å². The third-order valence-corrected chi connectivity index (χ3v) is 5.62. The molecule has 194 valence electrons. The van der Waals surface area contributed by atoms with Gasteiger partial charge in [-0.25, -0.2) is 9.97 Å². The summed E-state index contributed by atoms with van der Waals surface area (Å²) in [6, 6.07) is 21.5. The van der Waals surface area contributed by atoms with Gasteiger partial charge in [-0.05, 0) is 54.2 Å². The maximum Gasteiger partial charge on any atom is 0.288 e. The average molecular weight is 509 g/mol. The van der Waals surface area contributed by atoms with Gasteiger partial charge in [-0.2, -0.15) is 0 Å². The van der Waals surface area contributed by atoms with Gasteiger partial charge < -0.3 is 10.6 Å². The van der Waals surface area contributed by atoms with Crippen molar-refractivity contribution in [2.75, 3.05) is 11.9 Å². The molecule has 0 unspecified atom stereocenters. The topological polar surface area (TPSA) is 118 Å². The molecule has 8 nitrogen and oxygen atoms in total. The molecule has 3 N–H and O–H groups in total. The van der Waals surface area contributed by atoms with E-state index in [9.17, 15) is 9.59 Å². The number of fused-ring (bicyclic) bond motifs is 1. The van der Waals surface area contributed by atoms with Crippen molar-refractivity contribution in [3.05, 3.63) is 107 Å². The molecule has 0 saturated carbocycles. The van der Waals surface area contributed by atoms with Crippen LogP contribution in [0.15, 0.2) is 72.9 Å². The lowest BCUT2D eigenvalue weighted by Gasteiger charge is -2.17. The van der Waals surface area contributed by atoms with Gasteiger partial charge in [0.1, 0.15) is 11.5 Å². The summed E-state index contributed by atoms with van der Waals surface area (Å²) in [6.45, 7) is 4.00. The number of H-pyrrole nitrogens is 1. The molecule has 2 aromatic heterocycles. The summed E-state index contributed by atoms with van der Waals surface area (Å²) in [5.41, 5.74) is 9.98. The molecule has 38 heavy (non-hydrogen) atoms. The van der Waals surface area contributed by atoms with Crippen LogP contribution in [-0.4, -0.2) is 39.0 Å². The van der Waals surface area contributed by atoms with Gasteiger partial charge in [0.15, 0.2) is 0 Å². The van der Waals surface area contributed by atoms with Crippen LogP contribution in [0.4, 0.5) is 5.69 Å². The highest BCUT2D eigenvalue weighted by atomic mass is 16.2. The van der Waals surface area contributed by atoms with Crippen molar-refractivity contribution in [1.29, 1.82) is 0 Å². The number of primary amides is 1. The minimum absolute atomic E-state index is 0.0286. The molecular formula is C30H32N6O2. The van der Waals surface area contributed by atoms with E-state index in [2.05, 4.69) is 38.1 Å². The predicted octanol–water partition coefficient (Wildman–Crippen LogP) is 4.30. The Morgan fingerprint density at radius 1 is 1.03 bits per heavy atom. The van der Waals surface area contributed by atoms with E-state index in [1.54, 1.807) is 11.1 Å². The van der Waals surface area contributed by atoms with E-state index in [0.29, 0.717) is 18.7 Å². The summed E-state index contributed by atoms with van der Waals surface area (Å²) in [5, 5.41) is 6.37. The molecule has 0 atom stereocenters. The second-order valence-corrected chi connectivity index (χ2v) is 8.25. The summed E-state index contributed by atoms with van der Waals surface area (Å²) >= 11 is 0. The van der Waals surface area contributed by atoms with Gasteiger partial charge in [-0.3, -0.25) is 14.7 Å². The minimum Gasteiger partial charge on any atom is -0.363 e. The van der Waals surface area contributed by atoms with E-state index in [-0.39, 0.29) is 11.7 Å². The molecular weight excluding hydrogens is 476 g/mol. The van der Waals surface area contributed by atoms with E-state index >= 15 is 0 Å². The van der Waals surface area contributed by atoms with Crippen molar-refractivity contribution < 1.29 is 9.59 Å². The maximum atomic E-state index is 11.9. The number of hydrogen-bond acceptors (Lipinski definition) is 5. The minimum atomic E-state index is -0.620. The van der Waals surface area contributed by atoms with Crippen LogP contribution in [0.1, 0.15) is 65.5 Å². The van der Waals surface area contributed by atoms with Gasteiger partial charge in [0, 0.05) is 37.3 Å². The van der Waals surface area contributed by atoms with Crippen LogP contribution in [-0.2, 0) is 17.6 Å². The lowest BCUT2D eigenvalue weighted by atomic mass is 10.0. The standard InChI is InChI=1S/C18H16N2O.C10H10N4O.C2H6/c1-20-17-13-14(9-11-16-6-2-3-12-19-16)8-10-15(17)5-4-7-18(20)21;11-9(15)10-12-8(13-14-10)6-7-4-2-1-3-5-7;1-2/h2-3,6,8,10,12-13H,4-5,7H2,1H3;1-5H,6H2,(H2,11,15)(H,12,13,14);1-2H3. The van der Waals surface area contributed by atoms with Gasteiger partial charge in [-0.1, -0.05) is 62.2 Å². The van der Waals surface area contributed by atoms with Crippen molar-refractivity contribution in [3.63, 3.8) is 0 Å². The van der Waals surface area contributed by atoms with Crippen molar-refractivity contribution in [2.24, 2.45) is 5.73 Å². The number of benzene rings is 2. The van der Waals surface area contributed by atoms with E-state index in [1.165, 1.54) is 5.56 Å². The summed E-state index contributed by atoms with van der Waals surface area (Å²) in [7, 11) is 1.84. The Bertz CT molecular complexity index is 1400.